The van der Waals surface area contributed by atoms with Crippen LogP contribution in [0.25, 0.3) is 17.0 Å². The van der Waals surface area contributed by atoms with Crippen LogP contribution < -0.4 is 0 Å². The minimum Gasteiger partial charge on any atom is -0.478 e. The van der Waals surface area contributed by atoms with E-state index in [1.807, 2.05) is 35.6 Å². The monoisotopic (exact) mass is 253 g/mol. The number of fused-ring (bicyclic) bond motifs is 1. The van der Waals surface area contributed by atoms with Crippen molar-refractivity contribution in [2.45, 2.75) is 6.92 Å². The van der Waals surface area contributed by atoms with Gasteiger partial charge in [0.15, 0.2) is 11.5 Å². The molecule has 0 bridgehead atoms. The van der Waals surface area contributed by atoms with Crippen LogP contribution in [0.5, 0.6) is 0 Å². The van der Waals surface area contributed by atoms with E-state index >= 15 is 0 Å². The van der Waals surface area contributed by atoms with E-state index in [1.165, 1.54) is 0 Å². The van der Waals surface area contributed by atoms with Crippen molar-refractivity contribution in [3.05, 3.63) is 53.7 Å². The van der Waals surface area contributed by atoms with Crippen molar-refractivity contribution in [3.63, 3.8) is 0 Å². The fourth-order valence-corrected chi connectivity index (χ4v) is 2.08. The molecule has 3 aromatic rings. The molecular formula is C14H11N3O2. The van der Waals surface area contributed by atoms with E-state index in [4.69, 9.17) is 5.11 Å². The standard InChI is InChI=1S/C14H11N3O2/c1-9-4-2-7-12-15-16-13(17(9)12)10-5-3-6-11(8-10)14(18)19/h2-8H,1H3,(H,18,19). The summed E-state index contributed by atoms with van der Waals surface area (Å²) in [5.74, 6) is -0.302. The maximum atomic E-state index is 11.0. The van der Waals surface area contributed by atoms with Gasteiger partial charge in [-0.15, -0.1) is 10.2 Å². The second-order valence-electron chi connectivity index (χ2n) is 4.27. The van der Waals surface area contributed by atoms with E-state index in [9.17, 15) is 4.79 Å². The summed E-state index contributed by atoms with van der Waals surface area (Å²) in [6.45, 7) is 1.96. The van der Waals surface area contributed by atoms with Crippen LogP contribution in [0.1, 0.15) is 16.1 Å². The fraction of sp³-hybridized carbons (Fsp3) is 0.0714. The normalized spacial score (nSPS) is 10.8. The summed E-state index contributed by atoms with van der Waals surface area (Å²) < 4.78 is 1.90. The van der Waals surface area contributed by atoms with Gasteiger partial charge in [0.05, 0.1) is 5.56 Å². The van der Waals surface area contributed by atoms with Crippen molar-refractivity contribution in [2.24, 2.45) is 0 Å². The summed E-state index contributed by atoms with van der Waals surface area (Å²) in [5, 5.41) is 17.3. The number of nitrogens with zero attached hydrogens (tertiary/aromatic N) is 3. The topological polar surface area (TPSA) is 67.5 Å². The maximum Gasteiger partial charge on any atom is 0.335 e. The molecule has 5 nitrogen and oxygen atoms in total. The van der Waals surface area contributed by atoms with Crippen LogP contribution in [-0.4, -0.2) is 25.7 Å². The first-order chi connectivity index (χ1) is 9.16. The fourth-order valence-electron chi connectivity index (χ4n) is 2.08. The minimum absolute atomic E-state index is 0.239. The SMILES string of the molecule is Cc1cccc2nnc(-c3cccc(C(=O)O)c3)n12. The molecule has 94 valence electrons. The molecule has 0 unspecified atom stereocenters. The Kier molecular flexibility index (Phi) is 2.52. The number of aryl methyl sites for hydroxylation is 1. The second-order valence-corrected chi connectivity index (χ2v) is 4.27. The number of rotatable bonds is 2. The van der Waals surface area contributed by atoms with Gasteiger partial charge < -0.3 is 5.11 Å². The predicted octanol–water partition coefficient (Wildman–Crippen LogP) is 2.40. The number of carbonyl (C=O) groups is 1. The third kappa shape index (κ3) is 1.85. The zero-order valence-corrected chi connectivity index (χ0v) is 10.2. The van der Waals surface area contributed by atoms with E-state index < -0.39 is 5.97 Å². The highest BCUT2D eigenvalue weighted by atomic mass is 16.4. The number of carboxylic acid groups (broad SMARTS) is 1. The van der Waals surface area contributed by atoms with E-state index in [-0.39, 0.29) is 5.56 Å². The Bertz CT molecular complexity index is 777. The quantitative estimate of drug-likeness (QED) is 0.761. The Morgan fingerprint density at radius 3 is 2.74 bits per heavy atom. The van der Waals surface area contributed by atoms with Gasteiger partial charge in [-0.1, -0.05) is 18.2 Å². The Morgan fingerprint density at radius 2 is 1.95 bits per heavy atom. The van der Waals surface area contributed by atoms with E-state index in [1.54, 1.807) is 18.2 Å². The Balaban J connectivity index is 2.25. The average molecular weight is 253 g/mol. The van der Waals surface area contributed by atoms with Gasteiger partial charge >= 0.3 is 5.97 Å². The van der Waals surface area contributed by atoms with Gasteiger partial charge in [0.2, 0.25) is 0 Å². The average Bonchev–Trinajstić information content (AvgIpc) is 2.84. The molecule has 19 heavy (non-hydrogen) atoms. The molecule has 5 heteroatoms. The molecule has 0 aliphatic heterocycles. The van der Waals surface area contributed by atoms with Gasteiger partial charge in [0.1, 0.15) is 0 Å². The molecule has 0 spiro atoms. The highest BCUT2D eigenvalue weighted by Crippen LogP contribution is 2.21. The first-order valence-electron chi connectivity index (χ1n) is 5.81. The van der Waals surface area contributed by atoms with Crippen LogP contribution in [-0.2, 0) is 0 Å². The van der Waals surface area contributed by atoms with E-state index in [2.05, 4.69) is 10.2 Å². The van der Waals surface area contributed by atoms with Crippen LogP contribution in [0.2, 0.25) is 0 Å². The third-order valence-corrected chi connectivity index (χ3v) is 2.99. The van der Waals surface area contributed by atoms with Crippen molar-refractivity contribution in [1.82, 2.24) is 14.6 Å². The van der Waals surface area contributed by atoms with Crippen LogP contribution >= 0.6 is 0 Å². The van der Waals surface area contributed by atoms with Gasteiger partial charge in [0, 0.05) is 11.3 Å². The van der Waals surface area contributed by atoms with E-state index in [0.717, 1.165) is 16.9 Å². The number of carboxylic acids is 1. The molecule has 0 radical (unpaired) electrons. The lowest BCUT2D eigenvalue weighted by atomic mass is 10.1. The van der Waals surface area contributed by atoms with Crippen molar-refractivity contribution in [3.8, 4) is 11.4 Å². The molecule has 1 aromatic carbocycles. The van der Waals surface area contributed by atoms with E-state index in [0.29, 0.717) is 5.82 Å². The number of pyridine rings is 1. The summed E-state index contributed by atoms with van der Waals surface area (Å²) in [7, 11) is 0. The molecule has 0 amide bonds. The van der Waals surface area contributed by atoms with Gasteiger partial charge in [-0.2, -0.15) is 0 Å². The molecule has 2 heterocycles. The number of hydrogen-bond donors (Lipinski definition) is 1. The summed E-state index contributed by atoms with van der Waals surface area (Å²) >= 11 is 0. The smallest absolute Gasteiger partial charge is 0.335 e. The van der Waals surface area contributed by atoms with Gasteiger partial charge in [-0.25, -0.2) is 4.79 Å². The van der Waals surface area contributed by atoms with Crippen molar-refractivity contribution in [1.29, 1.82) is 0 Å². The summed E-state index contributed by atoms with van der Waals surface area (Å²) in [4.78, 5) is 11.0. The molecule has 0 aliphatic rings. The summed E-state index contributed by atoms with van der Waals surface area (Å²) in [6.07, 6.45) is 0. The number of aromatic carboxylic acids is 1. The minimum atomic E-state index is -0.951. The molecule has 0 atom stereocenters. The van der Waals surface area contributed by atoms with Crippen LogP contribution in [0.15, 0.2) is 42.5 Å². The lowest BCUT2D eigenvalue weighted by Crippen LogP contribution is -1.98. The number of hydrogen-bond acceptors (Lipinski definition) is 3. The zero-order chi connectivity index (χ0) is 13.4. The second kappa shape index (κ2) is 4.20. The molecular weight excluding hydrogens is 242 g/mol. The molecule has 0 saturated carbocycles. The Morgan fingerprint density at radius 1 is 1.16 bits per heavy atom. The first kappa shape index (κ1) is 11.4. The zero-order valence-electron chi connectivity index (χ0n) is 10.2. The highest BCUT2D eigenvalue weighted by Gasteiger charge is 2.11. The molecule has 1 N–H and O–H groups in total. The predicted molar refractivity (Wildman–Crippen MR) is 70.1 cm³/mol. The van der Waals surface area contributed by atoms with Crippen molar-refractivity contribution < 1.29 is 9.90 Å². The Hall–Kier alpha value is -2.69. The molecule has 3 rings (SSSR count). The summed E-state index contributed by atoms with van der Waals surface area (Å²) in [6, 6.07) is 12.4. The molecule has 0 saturated heterocycles. The first-order valence-corrected chi connectivity index (χ1v) is 5.81. The molecule has 0 fully saturated rings. The molecule has 0 aliphatic carbocycles. The maximum absolute atomic E-state index is 11.0. The largest absolute Gasteiger partial charge is 0.478 e. The third-order valence-electron chi connectivity index (χ3n) is 2.99. The lowest BCUT2D eigenvalue weighted by Gasteiger charge is -2.04. The number of benzene rings is 1. The summed E-state index contributed by atoms with van der Waals surface area (Å²) in [5.41, 5.74) is 2.72. The van der Waals surface area contributed by atoms with Crippen LogP contribution in [0.3, 0.4) is 0 Å². The lowest BCUT2D eigenvalue weighted by molar-refractivity contribution is 0.0697. The highest BCUT2D eigenvalue weighted by molar-refractivity contribution is 5.89. The van der Waals surface area contributed by atoms with Crippen molar-refractivity contribution >= 4 is 11.6 Å². The van der Waals surface area contributed by atoms with Gasteiger partial charge in [0.25, 0.3) is 0 Å². The number of aromatic nitrogens is 3. The van der Waals surface area contributed by atoms with Crippen LogP contribution in [0, 0.1) is 6.92 Å². The van der Waals surface area contributed by atoms with Crippen LogP contribution in [0.4, 0.5) is 0 Å². The van der Waals surface area contributed by atoms with Gasteiger partial charge in [-0.3, -0.25) is 4.40 Å². The van der Waals surface area contributed by atoms with Gasteiger partial charge in [-0.05, 0) is 31.2 Å². The van der Waals surface area contributed by atoms with Crippen molar-refractivity contribution in [2.75, 3.05) is 0 Å². The molecule has 2 aromatic heterocycles. The Labute approximate surface area is 109 Å².